The van der Waals surface area contributed by atoms with Crippen LogP contribution in [0.3, 0.4) is 0 Å². The molecule has 0 amide bonds. The van der Waals surface area contributed by atoms with Crippen molar-refractivity contribution in [2.75, 3.05) is 5.33 Å². The molecule has 0 rings (SSSR count). The third-order valence-electron chi connectivity index (χ3n) is 1.95. The highest BCUT2D eigenvalue weighted by atomic mass is 79.9. The lowest BCUT2D eigenvalue weighted by Gasteiger charge is -2.04. The molecule has 12 heavy (non-hydrogen) atoms. The van der Waals surface area contributed by atoms with Gasteiger partial charge in [-0.1, -0.05) is 47.8 Å². The average molecular weight is 233 g/mol. The monoisotopic (exact) mass is 232 g/mol. The van der Waals surface area contributed by atoms with Gasteiger partial charge in [-0.3, -0.25) is 0 Å². The Morgan fingerprint density at radius 2 is 2.08 bits per heavy atom. The first-order chi connectivity index (χ1) is 5.66. The molecular weight excluding hydrogens is 212 g/mol. The standard InChI is InChI=1S/C11H21Br/c1-10(2)6-4-7-11(3)8-5-9-12/h8,10H,4-7,9H2,1-3H3. The Bertz CT molecular complexity index is 125. The molecule has 72 valence electrons. The Morgan fingerprint density at radius 1 is 1.42 bits per heavy atom. The van der Waals surface area contributed by atoms with Crippen molar-refractivity contribution >= 4 is 15.9 Å². The van der Waals surface area contributed by atoms with E-state index in [1.165, 1.54) is 25.7 Å². The van der Waals surface area contributed by atoms with E-state index in [1.54, 1.807) is 5.57 Å². The smallest absolute Gasteiger partial charge is 0.00660 e. The molecule has 0 spiro atoms. The van der Waals surface area contributed by atoms with Gasteiger partial charge in [0.2, 0.25) is 0 Å². The number of hydrogen-bond acceptors (Lipinski definition) is 0. The third kappa shape index (κ3) is 8.32. The van der Waals surface area contributed by atoms with Gasteiger partial charge in [0.1, 0.15) is 0 Å². The van der Waals surface area contributed by atoms with Crippen LogP contribution < -0.4 is 0 Å². The zero-order valence-corrected chi connectivity index (χ0v) is 10.2. The van der Waals surface area contributed by atoms with Gasteiger partial charge in [0.25, 0.3) is 0 Å². The number of rotatable bonds is 6. The van der Waals surface area contributed by atoms with E-state index < -0.39 is 0 Å². The van der Waals surface area contributed by atoms with E-state index in [4.69, 9.17) is 0 Å². The molecule has 0 unspecified atom stereocenters. The van der Waals surface area contributed by atoms with Crippen molar-refractivity contribution in [2.45, 2.75) is 46.5 Å². The van der Waals surface area contributed by atoms with Crippen LogP contribution in [-0.4, -0.2) is 5.33 Å². The Labute approximate surface area is 85.6 Å². The zero-order valence-electron chi connectivity index (χ0n) is 8.57. The molecule has 0 aliphatic rings. The predicted molar refractivity (Wildman–Crippen MR) is 60.9 cm³/mol. The minimum Gasteiger partial charge on any atom is -0.0925 e. The molecule has 0 saturated carbocycles. The van der Waals surface area contributed by atoms with Gasteiger partial charge in [0, 0.05) is 5.33 Å². The van der Waals surface area contributed by atoms with E-state index in [0.29, 0.717) is 0 Å². The molecular formula is C11H21Br. The quantitative estimate of drug-likeness (QED) is 0.466. The van der Waals surface area contributed by atoms with Crippen molar-refractivity contribution in [3.63, 3.8) is 0 Å². The highest BCUT2D eigenvalue weighted by Gasteiger charge is 1.94. The zero-order chi connectivity index (χ0) is 9.40. The average Bonchev–Trinajstić information content (AvgIpc) is 2.00. The molecule has 0 N–H and O–H groups in total. The van der Waals surface area contributed by atoms with Crippen LogP contribution in [0, 0.1) is 5.92 Å². The normalized spacial score (nSPS) is 12.6. The van der Waals surface area contributed by atoms with Crippen molar-refractivity contribution < 1.29 is 0 Å². The van der Waals surface area contributed by atoms with Gasteiger partial charge in [-0.05, 0) is 32.1 Å². The van der Waals surface area contributed by atoms with Crippen molar-refractivity contribution in [3.8, 4) is 0 Å². The molecule has 0 aliphatic heterocycles. The van der Waals surface area contributed by atoms with Gasteiger partial charge in [0.15, 0.2) is 0 Å². The van der Waals surface area contributed by atoms with Crippen molar-refractivity contribution in [1.82, 2.24) is 0 Å². The summed E-state index contributed by atoms with van der Waals surface area (Å²) in [5.74, 6) is 0.856. The van der Waals surface area contributed by atoms with Gasteiger partial charge >= 0.3 is 0 Å². The fourth-order valence-corrected chi connectivity index (χ4v) is 1.42. The Kier molecular flexibility index (Phi) is 7.99. The second-order valence-electron chi connectivity index (χ2n) is 3.81. The first-order valence-corrected chi connectivity index (χ1v) is 6.00. The van der Waals surface area contributed by atoms with Gasteiger partial charge in [0.05, 0.1) is 0 Å². The molecule has 0 aliphatic carbocycles. The maximum Gasteiger partial charge on any atom is 0.00660 e. The van der Waals surface area contributed by atoms with E-state index >= 15 is 0 Å². The van der Waals surface area contributed by atoms with E-state index in [2.05, 4.69) is 42.8 Å². The first kappa shape index (κ1) is 12.2. The summed E-state index contributed by atoms with van der Waals surface area (Å²) in [5.41, 5.74) is 1.55. The lowest BCUT2D eigenvalue weighted by atomic mass is 10.0. The number of alkyl halides is 1. The first-order valence-electron chi connectivity index (χ1n) is 4.88. The summed E-state index contributed by atoms with van der Waals surface area (Å²) < 4.78 is 0. The summed E-state index contributed by atoms with van der Waals surface area (Å²) in [6.45, 7) is 6.82. The number of halogens is 1. The van der Waals surface area contributed by atoms with Crippen LogP contribution in [0.5, 0.6) is 0 Å². The molecule has 0 radical (unpaired) electrons. The third-order valence-corrected chi connectivity index (χ3v) is 2.41. The molecule has 0 aromatic rings. The molecule has 0 saturated heterocycles. The minimum atomic E-state index is 0.856. The summed E-state index contributed by atoms with van der Waals surface area (Å²) in [4.78, 5) is 0. The van der Waals surface area contributed by atoms with Crippen LogP contribution in [-0.2, 0) is 0 Å². The summed E-state index contributed by atoms with van der Waals surface area (Å²) in [7, 11) is 0. The van der Waals surface area contributed by atoms with Crippen LogP contribution in [0.25, 0.3) is 0 Å². The Morgan fingerprint density at radius 3 is 2.58 bits per heavy atom. The molecule has 0 heterocycles. The van der Waals surface area contributed by atoms with E-state index in [9.17, 15) is 0 Å². The fourth-order valence-electron chi connectivity index (χ4n) is 1.19. The summed E-state index contributed by atoms with van der Waals surface area (Å²) in [5, 5.41) is 1.09. The van der Waals surface area contributed by atoms with E-state index in [1.807, 2.05) is 0 Å². The summed E-state index contributed by atoms with van der Waals surface area (Å²) >= 11 is 3.42. The molecule has 0 atom stereocenters. The van der Waals surface area contributed by atoms with E-state index in [0.717, 1.165) is 11.2 Å². The van der Waals surface area contributed by atoms with Crippen LogP contribution in [0.2, 0.25) is 0 Å². The maximum absolute atomic E-state index is 3.42. The predicted octanol–water partition coefficient (Wildman–Crippen LogP) is 4.54. The second-order valence-corrected chi connectivity index (χ2v) is 4.61. The van der Waals surface area contributed by atoms with Gasteiger partial charge < -0.3 is 0 Å². The lowest BCUT2D eigenvalue weighted by Crippen LogP contribution is -1.87. The maximum atomic E-state index is 3.42. The summed E-state index contributed by atoms with van der Waals surface area (Å²) in [6.07, 6.45) is 7.51. The largest absolute Gasteiger partial charge is 0.0925 e. The fraction of sp³-hybridized carbons (Fsp3) is 0.818. The molecule has 0 aromatic carbocycles. The molecule has 0 bridgehead atoms. The highest BCUT2D eigenvalue weighted by Crippen LogP contribution is 2.12. The van der Waals surface area contributed by atoms with Gasteiger partial charge in [-0.15, -0.1) is 0 Å². The Balaban J connectivity index is 3.36. The topological polar surface area (TPSA) is 0 Å². The minimum absolute atomic E-state index is 0.856. The van der Waals surface area contributed by atoms with Crippen molar-refractivity contribution in [2.24, 2.45) is 5.92 Å². The van der Waals surface area contributed by atoms with Crippen LogP contribution in [0.1, 0.15) is 46.5 Å². The molecule has 0 nitrogen and oxygen atoms in total. The molecule has 0 fully saturated rings. The lowest BCUT2D eigenvalue weighted by molar-refractivity contribution is 0.554. The van der Waals surface area contributed by atoms with Crippen LogP contribution in [0.15, 0.2) is 11.6 Å². The molecule has 1 heteroatoms. The highest BCUT2D eigenvalue weighted by molar-refractivity contribution is 9.09. The Hall–Kier alpha value is 0.220. The van der Waals surface area contributed by atoms with Crippen LogP contribution >= 0.6 is 15.9 Å². The van der Waals surface area contributed by atoms with Crippen LogP contribution in [0.4, 0.5) is 0 Å². The number of hydrogen-bond donors (Lipinski definition) is 0. The second kappa shape index (κ2) is 7.85. The van der Waals surface area contributed by atoms with Gasteiger partial charge in [-0.25, -0.2) is 0 Å². The number of allylic oxidation sites excluding steroid dienone is 2. The van der Waals surface area contributed by atoms with Crippen molar-refractivity contribution in [1.29, 1.82) is 0 Å². The van der Waals surface area contributed by atoms with E-state index in [-0.39, 0.29) is 0 Å². The molecule has 0 aromatic heterocycles. The summed E-state index contributed by atoms with van der Waals surface area (Å²) in [6, 6.07) is 0. The SMILES string of the molecule is CC(=CCCBr)CCCC(C)C. The van der Waals surface area contributed by atoms with Gasteiger partial charge in [-0.2, -0.15) is 0 Å². The van der Waals surface area contributed by atoms with Crippen molar-refractivity contribution in [3.05, 3.63) is 11.6 Å².